The number of piperazine rings is 1. The number of carbonyl (C=O) groups excluding carboxylic acids is 1. The highest BCUT2D eigenvalue weighted by Gasteiger charge is 2.67. The highest BCUT2D eigenvalue weighted by atomic mass is 16.5. The van der Waals surface area contributed by atoms with Gasteiger partial charge in [0.25, 0.3) is 0 Å². The Bertz CT molecular complexity index is 1510. The lowest BCUT2D eigenvalue weighted by Crippen LogP contribution is -2.73. The number of hydrogen-bond donors (Lipinski definition) is 0. The summed E-state index contributed by atoms with van der Waals surface area (Å²) >= 11 is 0. The molecule has 0 aromatic heterocycles. The minimum atomic E-state index is -0.252. The van der Waals surface area contributed by atoms with Crippen molar-refractivity contribution in [3.63, 3.8) is 0 Å². The summed E-state index contributed by atoms with van der Waals surface area (Å²) in [6.07, 6.45) is 1.47. The van der Waals surface area contributed by atoms with E-state index in [1.165, 1.54) is 11.1 Å². The van der Waals surface area contributed by atoms with Crippen molar-refractivity contribution in [3.8, 4) is 23.0 Å². The molecule has 4 heterocycles. The number of methoxy groups -OCH3 is 4. The van der Waals surface area contributed by atoms with Gasteiger partial charge in [-0.3, -0.25) is 9.69 Å². The summed E-state index contributed by atoms with van der Waals surface area (Å²) in [5.41, 5.74) is 5.53. The summed E-state index contributed by atoms with van der Waals surface area (Å²) in [4.78, 5) is 18.9. The number of rotatable bonds is 8. The Morgan fingerprint density at radius 2 is 1.49 bits per heavy atom. The Morgan fingerprint density at radius 1 is 0.854 bits per heavy atom. The van der Waals surface area contributed by atoms with E-state index >= 15 is 0 Å². The number of amides is 1. The van der Waals surface area contributed by atoms with Gasteiger partial charge in [0.2, 0.25) is 5.91 Å². The van der Waals surface area contributed by atoms with Crippen LogP contribution in [0.5, 0.6) is 23.0 Å². The topological polar surface area (TPSA) is 69.7 Å². The van der Waals surface area contributed by atoms with Gasteiger partial charge in [-0.05, 0) is 71.8 Å². The molecular weight excluding hydrogens is 520 g/mol. The van der Waals surface area contributed by atoms with E-state index in [1.54, 1.807) is 28.4 Å². The summed E-state index contributed by atoms with van der Waals surface area (Å²) in [5.74, 6) is 2.95. The normalized spacial score (nSPS) is 27.2. The molecule has 0 bridgehead atoms. The molecule has 2 saturated heterocycles. The van der Waals surface area contributed by atoms with E-state index in [9.17, 15) is 4.79 Å². The molecule has 4 aliphatic rings. The fourth-order valence-electron chi connectivity index (χ4n) is 7.83. The fourth-order valence-corrected chi connectivity index (χ4v) is 7.83. The van der Waals surface area contributed by atoms with Gasteiger partial charge in [-0.2, -0.15) is 0 Å². The number of ether oxygens (including phenoxy) is 5. The summed E-state index contributed by atoms with van der Waals surface area (Å²) in [5, 5.41) is 0. The lowest BCUT2D eigenvalue weighted by Gasteiger charge is -2.63. The zero-order valence-corrected chi connectivity index (χ0v) is 24.2. The Balaban J connectivity index is 1.33. The van der Waals surface area contributed by atoms with Crippen LogP contribution in [0.15, 0.2) is 54.6 Å². The zero-order valence-electron chi connectivity index (χ0n) is 24.2. The molecule has 3 aromatic carbocycles. The molecule has 4 aliphatic heterocycles. The van der Waals surface area contributed by atoms with Crippen molar-refractivity contribution in [2.24, 2.45) is 0 Å². The molecule has 2 fully saturated rings. The van der Waals surface area contributed by atoms with E-state index in [4.69, 9.17) is 23.7 Å². The average molecular weight is 557 g/mol. The molecule has 0 radical (unpaired) electrons. The van der Waals surface area contributed by atoms with Crippen LogP contribution in [0.2, 0.25) is 0 Å². The minimum absolute atomic E-state index is 0.0316. The van der Waals surface area contributed by atoms with Crippen molar-refractivity contribution in [1.29, 1.82) is 0 Å². The van der Waals surface area contributed by atoms with E-state index in [0.29, 0.717) is 36.9 Å². The Labute approximate surface area is 240 Å². The smallest absolute Gasteiger partial charge is 0.240 e. The van der Waals surface area contributed by atoms with Crippen molar-refractivity contribution in [2.75, 3.05) is 35.0 Å². The second kappa shape index (κ2) is 9.67. The fraction of sp³-hybridized carbons (Fsp3) is 0.424. The SMILES string of the molecule is COc1cc2c(cc1OC)C(COCc1ccccc1)N1C(=O)C3CC4(C)c5cc(OC)c(OC)cc5C(C1C2)N34. The second-order valence-corrected chi connectivity index (χ2v) is 11.6. The third-order valence-electron chi connectivity index (χ3n) is 9.67. The van der Waals surface area contributed by atoms with Crippen molar-refractivity contribution in [1.82, 2.24) is 9.80 Å². The number of benzene rings is 3. The van der Waals surface area contributed by atoms with Gasteiger partial charge in [-0.25, -0.2) is 0 Å². The molecule has 0 aliphatic carbocycles. The first-order valence-corrected chi connectivity index (χ1v) is 14.2. The van der Waals surface area contributed by atoms with Crippen molar-refractivity contribution in [2.45, 2.75) is 56.1 Å². The van der Waals surface area contributed by atoms with E-state index in [1.807, 2.05) is 24.3 Å². The van der Waals surface area contributed by atoms with Crippen LogP contribution in [0.25, 0.3) is 0 Å². The molecular formula is C33H36N2O6. The molecule has 5 unspecified atom stereocenters. The van der Waals surface area contributed by atoms with Crippen LogP contribution in [0.1, 0.15) is 53.2 Å². The lowest BCUT2D eigenvalue weighted by atomic mass is 9.73. The Kier molecular flexibility index (Phi) is 6.17. The highest BCUT2D eigenvalue weighted by Crippen LogP contribution is 2.64. The molecule has 8 heteroatoms. The molecule has 3 aromatic rings. The standard InChI is InChI=1S/C33H36N2O6/c1-33-16-25-32(36)34-24(31(35(25)33)22-14-29(39-4)30(40-5)15-23(22)33)11-20-12-27(37-2)28(38-3)13-21(20)26(34)18-41-17-19-9-7-6-8-10-19/h6-10,12-15,24-26,31H,11,16-18H2,1-5H3. The van der Waals surface area contributed by atoms with Crippen molar-refractivity contribution in [3.05, 3.63) is 82.4 Å². The molecule has 1 amide bonds. The van der Waals surface area contributed by atoms with Crippen LogP contribution in [0.3, 0.4) is 0 Å². The van der Waals surface area contributed by atoms with Crippen molar-refractivity contribution >= 4 is 5.91 Å². The van der Waals surface area contributed by atoms with Crippen LogP contribution >= 0.6 is 0 Å². The molecule has 8 nitrogen and oxygen atoms in total. The molecule has 0 N–H and O–H groups in total. The number of hydrogen-bond acceptors (Lipinski definition) is 7. The predicted molar refractivity (Wildman–Crippen MR) is 153 cm³/mol. The van der Waals surface area contributed by atoms with Crippen LogP contribution in [-0.2, 0) is 28.1 Å². The summed E-state index contributed by atoms with van der Waals surface area (Å²) < 4.78 is 29.1. The molecule has 0 spiro atoms. The maximum atomic E-state index is 14.3. The zero-order chi connectivity index (χ0) is 28.5. The summed E-state index contributed by atoms with van der Waals surface area (Å²) in [7, 11) is 6.65. The lowest BCUT2D eigenvalue weighted by molar-refractivity contribution is -0.190. The predicted octanol–water partition coefficient (Wildman–Crippen LogP) is 4.79. The van der Waals surface area contributed by atoms with E-state index in [2.05, 4.69) is 47.1 Å². The monoisotopic (exact) mass is 556 g/mol. The second-order valence-electron chi connectivity index (χ2n) is 11.6. The number of fused-ring (bicyclic) bond motifs is 6. The van der Waals surface area contributed by atoms with Gasteiger partial charge in [-0.15, -0.1) is 0 Å². The van der Waals surface area contributed by atoms with E-state index < -0.39 is 0 Å². The number of nitrogens with zero attached hydrogens (tertiary/aromatic N) is 2. The molecule has 0 saturated carbocycles. The Morgan fingerprint density at radius 3 is 2.17 bits per heavy atom. The first kappa shape index (κ1) is 26.2. The maximum Gasteiger partial charge on any atom is 0.240 e. The molecule has 214 valence electrons. The van der Waals surface area contributed by atoms with Gasteiger partial charge in [-0.1, -0.05) is 30.3 Å². The van der Waals surface area contributed by atoms with Gasteiger partial charge >= 0.3 is 0 Å². The highest BCUT2D eigenvalue weighted by molar-refractivity contribution is 5.87. The van der Waals surface area contributed by atoms with Crippen LogP contribution in [0.4, 0.5) is 0 Å². The quantitative estimate of drug-likeness (QED) is 0.395. The first-order chi connectivity index (χ1) is 19.9. The van der Waals surface area contributed by atoms with Crippen LogP contribution < -0.4 is 18.9 Å². The summed E-state index contributed by atoms with van der Waals surface area (Å²) in [6, 6.07) is 18.0. The first-order valence-electron chi connectivity index (χ1n) is 14.2. The third kappa shape index (κ3) is 3.70. The number of carbonyl (C=O) groups is 1. The van der Waals surface area contributed by atoms with Gasteiger partial charge < -0.3 is 28.6 Å². The van der Waals surface area contributed by atoms with Gasteiger partial charge in [0.1, 0.15) is 0 Å². The minimum Gasteiger partial charge on any atom is -0.493 e. The van der Waals surface area contributed by atoms with Crippen molar-refractivity contribution < 1.29 is 28.5 Å². The van der Waals surface area contributed by atoms with E-state index in [-0.39, 0.29) is 35.6 Å². The van der Waals surface area contributed by atoms with Gasteiger partial charge in [0, 0.05) is 5.54 Å². The molecule has 41 heavy (non-hydrogen) atoms. The molecule has 7 rings (SSSR count). The average Bonchev–Trinajstić information content (AvgIpc) is 3.19. The largest absolute Gasteiger partial charge is 0.493 e. The van der Waals surface area contributed by atoms with E-state index in [0.717, 1.165) is 28.9 Å². The van der Waals surface area contributed by atoms with Crippen LogP contribution in [-0.4, -0.2) is 62.8 Å². The molecule has 5 atom stereocenters. The third-order valence-corrected chi connectivity index (χ3v) is 9.67. The van der Waals surface area contributed by atoms with Crippen LogP contribution in [0, 0.1) is 0 Å². The maximum absolute atomic E-state index is 14.3. The van der Waals surface area contributed by atoms with Gasteiger partial charge in [0.15, 0.2) is 23.0 Å². The summed E-state index contributed by atoms with van der Waals surface area (Å²) in [6.45, 7) is 3.11. The van der Waals surface area contributed by atoms with Gasteiger partial charge in [0.05, 0.1) is 65.8 Å². The Hall–Kier alpha value is -3.75.